The molecule has 2 saturated heterocycles. The summed E-state index contributed by atoms with van der Waals surface area (Å²) in [6.07, 6.45) is 2.97. The predicted octanol–water partition coefficient (Wildman–Crippen LogP) is 3.45. The number of carbonyl (C=O) groups is 1. The van der Waals surface area contributed by atoms with E-state index < -0.39 is 13.2 Å². The first-order chi connectivity index (χ1) is 14.8. The molecule has 5 fully saturated rings. The molecular formula is C24H35BN2O4. The third kappa shape index (κ3) is 3.59. The van der Waals surface area contributed by atoms with Gasteiger partial charge in [0.05, 0.1) is 17.6 Å². The molecule has 0 radical (unpaired) electrons. The molecule has 3 saturated carbocycles. The van der Waals surface area contributed by atoms with Crippen LogP contribution in [-0.2, 0) is 15.7 Å². The van der Waals surface area contributed by atoms with Gasteiger partial charge in [0.1, 0.15) is 0 Å². The molecule has 168 valence electrons. The second kappa shape index (κ2) is 7.78. The number of hydrogen-bond acceptors (Lipinski definition) is 4. The molecule has 1 aromatic carbocycles. The Morgan fingerprint density at radius 1 is 1.29 bits per heavy atom. The lowest BCUT2D eigenvalue weighted by molar-refractivity contribution is -0.199. The zero-order valence-electron chi connectivity index (χ0n) is 18.9. The molecule has 5 aliphatic rings. The summed E-state index contributed by atoms with van der Waals surface area (Å²) in [6, 6.07) is 10.1. The molecule has 2 N–H and O–H groups in total. The van der Waals surface area contributed by atoms with Crippen molar-refractivity contribution in [3.05, 3.63) is 35.9 Å². The van der Waals surface area contributed by atoms with Crippen LogP contribution in [0.25, 0.3) is 0 Å². The summed E-state index contributed by atoms with van der Waals surface area (Å²) < 4.78 is 13.3. The minimum atomic E-state index is -0.885. The van der Waals surface area contributed by atoms with Gasteiger partial charge < -0.3 is 24.6 Å². The molecule has 6 atom stereocenters. The van der Waals surface area contributed by atoms with Crippen molar-refractivity contribution >= 4 is 13.2 Å². The summed E-state index contributed by atoms with van der Waals surface area (Å²) in [5.41, 5.74) is 1.04. The molecule has 0 unspecified atom stereocenters. The number of nitrogens with one attached hydrogen (secondary N) is 1. The minimum absolute atomic E-state index is 0.0522. The Kier molecular flexibility index (Phi) is 5.35. The van der Waals surface area contributed by atoms with Gasteiger partial charge in [-0.2, -0.15) is 0 Å². The molecule has 7 heteroatoms. The fraction of sp³-hybridized carbons (Fsp3) is 0.708. The smallest absolute Gasteiger partial charge is 0.465 e. The van der Waals surface area contributed by atoms with Crippen LogP contribution in [0.5, 0.6) is 0 Å². The molecule has 2 heterocycles. The number of nitrogens with zero attached hydrogens (tertiary/aromatic N) is 1. The van der Waals surface area contributed by atoms with E-state index >= 15 is 0 Å². The molecule has 0 spiro atoms. The zero-order chi connectivity index (χ0) is 21.8. The number of rotatable bonds is 6. The summed E-state index contributed by atoms with van der Waals surface area (Å²) in [4.78, 5) is 14.0. The molecule has 2 bridgehead atoms. The lowest BCUT2D eigenvalue weighted by Gasteiger charge is -2.64. The average molecular weight is 426 g/mol. The highest BCUT2D eigenvalue weighted by Gasteiger charge is 2.68. The summed E-state index contributed by atoms with van der Waals surface area (Å²) in [6.45, 7) is 9.24. The fourth-order valence-electron chi connectivity index (χ4n) is 6.78. The Labute approximate surface area is 185 Å². The van der Waals surface area contributed by atoms with E-state index in [4.69, 9.17) is 9.31 Å². The van der Waals surface area contributed by atoms with Gasteiger partial charge in [-0.05, 0) is 74.4 Å². The Hall–Kier alpha value is -1.57. The zero-order valence-corrected chi connectivity index (χ0v) is 18.9. The van der Waals surface area contributed by atoms with Gasteiger partial charge in [-0.25, -0.2) is 4.79 Å². The number of hydrogen-bond donors (Lipinski definition) is 2. The highest BCUT2D eigenvalue weighted by atomic mass is 16.7. The standard InChI is InChI=1S/C24H35BN2O4/c1-23(2)18-12-19(23)24(3)20(13-18)30-25(31-24)21(11-16-7-5-4-6-8-16)27(22(28)29)15-17-9-10-26-14-17/h4-8,17-21,26H,9-15H2,1-3H3,(H,28,29)/t17-,18-,19-,20+,21-,24-/m0/s1. The van der Waals surface area contributed by atoms with E-state index in [1.54, 1.807) is 4.90 Å². The second-order valence-electron chi connectivity index (χ2n) is 10.9. The largest absolute Gasteiger partial charge is 0.482 e. The van der Waals surface area contributed by atoms with E-state index in [1.165, 1.54) is 6.42 Å². The van der Waals surface area contributed by atoms with Crippen LogP contribution in [0.15, 0.2) is 30.3 Å². The highest BCUT2D eigenvalue weighted by molar-refractivity contribution is 6.47. The lowest BCUT2D eigenvalue weighted by Crippen LogP contribution is -2.65. The maximum absolute atomic E-state index is 12.4. The molecule has 3 aliphatic carbocycles. The van der Waals surface area contributed by atoms with Gasteiger partial charge in [0, 0.05) is 6.54 Å². The first-order valence-electron chi connectivity index (χ1n) is 11.9. The van der Waals surface area contributed by atoms with Crippen LogP contribution in [0.1, 0.15) is 45.6 Å². The third-order valence-corrected chi connectivity index (χ3v) is 8.83. The van der Waals surface area contributed by atoms with E-state index in [1.807, 2.05) is 18.2 Å². The average Bonchev–Trinajstić information content (AvgIpc) is 3.37. The first-order valence-corrected chi connectivity index (χ1v) is 11.9. The van der Waals surface area contributed by atoms with Crippen LogP contribution < -0.4 is 5.32 Å². The summed E-state index contributed by atoms with van der Waals surface area (Å²) >= 11 is 0. The minimum Gasteiger partial charge on any atom is -0.465 e. The van der Waals surface area contributed by atoms with Crippen LogP contribution in [0.2, 0.25) is 0 Å². The lowest BCUT2D eigenvalue weighted by atomic mass is 9.43. The van der Waals surface area contributed by atoms with Crippen molar-refractivity contribution in [2.45, 2.75) is 64.1 Å². The maximum atomic E-state index is 12.4. The van der Waals surface area contributed by atoms with Crippen LogP contribution in [0.4, 0.5) is 4.79 Å². The molecule has 1 aromatic rings. The van der Waals surface area contributed by atoms with Gasteiger partial charge in [-0.3, -0.25) is 0 Å². The SMILES string of the molecule is CC1(C)[C@@H]2C[C@H]3OB([C@H](Cc4ccccc4)N(C[C@H]4CCNC4)C(=O)O)O[C@@]3(C)[C@H]1C2. The Morgan fingerprint density at radius 2 is 2.06 bits per heavy atom. The van der Waals surface area contributed by atoms with Gasteiger partial charge in [-0.15, -0.1) is 0 Å². The van der Waals surface area contributed by atoms with Gasteiger partial charge in [0.25, 0.3) is 0 Å². The maximum Gasteiger partial charge on any atom is 0.482 e. The Balaban J connectivity index is 1.42. The van der Waals surface area contributed by atoms with E-state index in [9.17, 15) is 9.90 Å². The Bertz CT molecular complexity index is 815. The highest BCUT2D eigenvalue weighted by Crippen LogP contribution is 2.65. The first kappa shape index (κ1) is 21.3. The molecule has 6 nitrogen and oxygen atoms in total. The third-order valence-electron chi connectivity index (χ3n) is 8.83. The van der Waals surface area contributed by atoms with Crippen LogP contribution >= 0.6 is 0 Å². The quantitative estimate of drug-likeness (QED) is 0.682. The molecule has 0 aromatic heterocycles. The van der Waals surface area contributed by atoms with E-state index in [2.05, 4.69) is 38.2 Å². The van der Waals surface area contributed by atoms with E-state index in [-0.39, 0.29) is 23.1 Å². The van der Waals surface area contributed by atoms with Crippen LogP contribution in [0, 0.1) is 23.2 Å². The van der Waals surface area contributed by atoms with Crippen LogP contribution in [0.3, 0.4) is 0 Å². The predicted molar refractivity (Wildman–Crippen MR) is 120 cm³/mol. The summed E-state index contributed by atoms with van der Waals surface area (Å²) in [5, 5.41) is 13.6. The van der Waals surface area contributed by atoms with Gasteiger partial charge in [-0.1, -0.05) is 44.2 Å². The Morgan fingerprint density at radius 3 is 2.71 bits per heavy atom. The van der Waals surface area contributed by atoms with Crippen molar-refractivity contribution in [3.63, 3.8) is 0 Å². The molecule has 1 amide bonds. The van der Waals surface area contributed by atoms with E-state index in [0.717, 1.165) is 31.5 Å². The van der Waals surface area contributed by atoms with Crippen LogP contribution in [-0.4, -0.2) is 60.5 Å². The monoisotopic (exact) mass is 426 g/mol. The number of amides is 1. The van der Waals surface area contributed by atoms with Crippen molar-refractivity contribution in [1.29, 1.82) is 0 Å². The van der Waals surface area contributed by atoms with E-state index in [0.29, 0.717) is 30.7 Å². The summed E-state index contributed by atoms with van der Waals surface area (Å²) in [5.74, 6) is 1.11. The molecule has 6 rings (SSSR count). The van der Waals surface area contributed by atoms with Gasteiger partial charge >= 0.3 is 13.2 Å². The second-order valence-corrected chi connectivity index (χ2v) is 10.9. The van der Waals surface area contributed by atoms with Crippen molar-refractivity contribution < 1.29 is 19.2 Å². The normalized spacial score (nSPS) is 36.5. The van der Waals surface area contributed by atoms with Gasteiger partial charge in [0.2, 0.25) is 0 Å². The number of carboxylic acid groups (broad SMARTS) is 1. The molecular weight excluding hydrogens is 391 g/mol. The fourth-order valence-corrected chi connectivity index (χ4v) is 6.78. The molecule has 31 heavy (non-hydrogen) atoms. The summed E-state index contributed by atoms with van der Waals surface area (Å²) in [7, 11) is -0.532. The molecule has 2 aliphatic heterocycles. The topological polar surface area (TPSA) is 71.0 Å². The van der Waals surface area contributed by atoms with Crippen molar-refractivity contribution in [1.82, 2.24) is 10.2 Å². The number of benzene rings is 1. The van der Waals surface area contributed by atoms with Gasteiger partial charge in [0.15, 0.2) is 0 Å². The van der Waals surface area contributed by atoms with Crippen molar-refractivity contribution in [3.8, 4) is 0 Å². The van der Waals surface area contributed by atoms with Crippen molar-refractivity contribution in [2.24, 2.45) is 23.2 Å². The van der Waals surface area contributed by atoms with Crippen molar-refractivity contribution in [2.75, 3.05) is 19.6 Å².